The molecule has 2 saturated heterocycles. The monoisotopic (exact) mass is 450 g/mol. The number of hydrogen-bond donors (Lipinski definition) is 3. The number of halogens is 1. The summed E-state index contributed by atoms with van der Waals surface area (Å²) in [5.41, 5.74) is -0.547. The van der Waals surface area contributed by atoms with Gasteiger partial charge in [0, 0.05) is 38.0 Å². The Morgan fingerprint density at radius 3 is 2.71 bits per heavy atom. The second-order valence-electron chi connectivity index (χ2n) is 7.58. The molecule has 1 unspecified atom stereocenters. The van der Waals surface area contributed by atoms with E-state index < -0.39 is 5.60 Å². The Morgan fingerprint density at radius 2 is 2.08 bits per heavy atom. The lowest BCUT2D eigenvalue weighted by Crippen LogP contribution is -2.51. The third kappa shape index (κ3) is 4.53. The quantitative estimate of drug-likeness (QED) is 0.346. The lowest BCUT2D eigenvalue weighted by molar-refractivity contribution is -0.119. The van der Waals surface area contributed by atoms with E-state index in [1.54, 1.807) is 0 Å². The summed E-state index contributed by atoms with van der Waals surface area (Å²) < 4.78 is 0. The predicted octanol–water partition coefficient (Wildman–Crippen LogP) is 1.48. The molecule has 1 aliphatic carbocycles. The van der Waals surface area contributed by atoms with Crippen LogP contribution < -0.4 is 10.6 Å². The van der Waals surface area contributed by atoms with Gasteiger partial charge in [-0.25, -0.2) is 0 Å². The SMILES string of the molecule is CCNC(=NCC1(O)CCCC1)N1CCCC2(CNC(=O)C2)C1.I. The molecule has 24 heavy (non-hydrogen) atoms. The van der Waals surface area contributed by atoms with Crippen molar-refractivity contribution >= 4 is 35.8 Å². The predicted molar refractivity (Wildman–Crippen MR) is 106 cm³/mol. The minimum absolute atomic E-state index is 0. The van der Waals surface area contributed by atoms with Crippen LogP contribution in [0.5, 0.6) is 0 Å². The number of aliphatic imine (C=N–C) groups is 1. The highest BCUT2D eigenvalue weighted by Crippen LogP contribution is 2.36. The summed E-state index contributed by atoms with van der Waals surface area (Å²) in [6.07, 6.45) is 6.74. The lowest BCUT2D eigenvalue weighted by atomic mass is 9.79. The lowest BCUT2D eigenvalue weighted by Gasteiger charge is -2.41. The van der Waals surface area contributed by atoms with Gasteiger partial charge < -0.3 is 20.6 Å². The fourth-order valence-electron chi connectivity index (χ4n) is 4.27. The van der Waals surface area contributed by atoms with E-state index in [9.17, 15) is 9.90 Å². The number of aliphatic hydroxyl groups is 1. The highest BCUT2D eigenvalue weighted by Gasteiger charge is 2.42. The maximum Gasteiger partial charge on any atom is 0.220 e. The maximum absolute atomic E-state index is 11.7. The first-order valence-corrected chi connectivity index (χ1v) is 9.07. The Kier molecular flexibility index (Phi) is 6.75. The molecule has 7 heteroatoms. The number of rotatable bonds is 3. The van der Waals surface area contributed by atoms with E-state index in [1.165, 1.54) is 0 Å². The summed E-state index contributed by atoms with van der Waals surface area (Å²) in [7, 11) is 0. The Balaban J connectivity index is 0.00000208. The summed E-state index contributed by atoms with van der Waals surface area (Å²) >= 11 is 0. The normalized spacial score (nSPS) is 29.5. The van der Waals surface area contributed by atoms with Crippen molar-refractivity contribution in [1.82, 2.24) is 15.5 Å². The molecule has 1 saturated carbocycles. The molecule has 6 nitrogen and oxygen atoms in total. The van der Waals surface area contributed by atoms with Crippen LogP contribution >= 0.6 is 24.0 Å². The highest BCUT2D eigenvalue weighted by atomic mass is 127. The van der Waals surface area contributed by atoms with Crippen LogP contribution in [0.3, 0.4) is 0 Å². The Bertz CT molecular complexity index is 479. The molecule has 0 radical (unpaired) electrons. The summed E-state index contributed by atoms with van der Waals surface area (Å²) in [4.78, 5) is 18.7. The maximum atomic E-state index is 11.7. The van der Waals surface area contributed by atoms with Crippen LogP contribution in [-0.2, 0) is 4.79 Å². The molecule has 138 valence electrons. The van der Waals surface area contributed by atoms with Gasteiger partial charge in [-0.1, -0.05) is 12.8 Å². The van der Waals surface area contributed by atoms with E-state index in [0.29, 0.717) is 13.0 Å². The first-order valence-electron chi connectivity index (χ1n) is 9.07. The number of piperidine rings is 1. The number of carbonyl (C=O) groups is 1. The Labute approximate surface area is 161 Å². The van der Waals surface area contributed by atoms with Gasteiger partial charge in [-0.15, -0.1) is 24.0 Å². The summed E-state index contributed by atoms with van der Waals surface area (Å²) in [5.74, 6) is 1.07. The number of likely N-dealkylation sites (tertiary alicyclic amines) is 1. The van der Waals surface area contributed by atoms with Gasteiger partial charge in [-0.05, 0) is 32.6 Å². The molecule has 2 heterocycles. The van der Waals surface area contributed by atoms with Crippen LogP contribution in [0.1, 0.15) is 51.9 Å². The van der Waals surface area contributed by atoms with Crippen LogP contribution in [-0.4, -0.2) is 60.2 Å². The van der Waals surface area contributed by atoms with E-state index in [2.05, 4.69) is 22.5 Å². The second-order valence-corrected chi connectivity index (χ2v) is 7.58. The first kappa shape index (κ1) is 19.8. The van der Waals surface area contributed by atoms with Gasteiger partial charge in [-0.2, -0.15) is 0 Å². The molecule has 0 aromatic heterocycles. The van der Waals surface area contributed by atoms with Crippen molar-refractivity contribution in [3.05, 3.63) is 0 Å². The fourth-order valence-corrected chi connectivity index (χ4v) is 4.27. The average molecular weight is 450 g/mol. The molecule has 0 aromatic carbocycles. The zero-order valence-corrected chi connectivity index (χ0v) is 17.0. The van der Waals surface area contributed by atoms with Crippen LogP contribution in [0.4, 0.5) is 0 Å². The molecule has 0 bridgehead atoms. The number of hydrogen-bond acceptors (Lipinski definition) is 3. The van der Waals surface area contributed by atoms with Crippen molar-refractivity contribution in [3.63, 3.8) is 0 Å². The van der Waals surface area contributed by atoms with Gasteiger partial charge in [-0.3, -0.25) is 9.79 Å². The molecule has 3 N–H and O–H groups in total. The minimum Gasteiger partial charge on any atom is -0.388 e. The van der Waals surface area contributed by atoms with E-state index in [4.69, 9.17) is 4.99 Å². The van der Waals surface area contributed by atoms with E-state index in [0.717, 1.165) is 70.7 Å². The number of carbonyl (C=O) groups excluding carboxylic acids is 1. The van der Waals surface area contributed by atoms with Gasteiger partial charge in [0.15, 0.2) is 5.96 Å². The number of nitrogens with zero attached hydrogens (tertiary/aromatic N) is 2. The van der Waals surface area contributed by atoms with Gasteiger partial charge in [0.25, 0.3) is 0 Å². The summed E-state index contributed by atoms with van der Waals surface area (Å²) in [6.45, 7) is 6.00. The Hall–Kier alpha value is -0.570. The van der Waals surface area contributed by atoms with Crippen molar-refractivity contribution in [2.75, 3.05) is 32.7 Å². The zero-order valence-electron chi connectivity index (χ0n) is 14.6. The van der Waals surface area contributed by atoms with Gasteiger partial charge in [0.1, 0.15) is 0 Å². The van der Waals surface area contributed by atoms with E-state index >= 15 is 0 Å². The van der Waals surface area contributed by atoms with Crippen molar-refractivity contribution in [2.45, 2.75) is 57.5 Å². The molecular formula is C17H31IN4O2. The van der Waals surface area contributed by atoms with Crippen molar-refractivity contribution in [3.8, 4) is 0 Å². The standard InChI is InChI=1S/C17H30N4O2.HI/c1-2-18-15(20-12-17(23)7-3-4-8-17)21-9-5-6-16(13-21)10-14(22)19-11-16;/h23H,2-13H2,1H3,(H,18,20)(H,19,22);1H. The third-order valence-corrected chi connectivity index (χ3v) is 5.55. The van der Waals surface area contributed by atoms with Crippen molar-refractivity contribution in [1.29, 1.82) is 0 Å². The molecule has 1 amide bonds. The van der Waals surface area contributed by atoms with Gasteiger partial charge in [0.05, 0.1) is 12.1 Å². The summed E-state index contributed by atoms with van der Waals surface area (Å²) in [5, 5.41) is 16.9. The van der Waals surface area contributed by atoms with E-state index in [1.807, 2.05) is 0 Å². The molecule has 1 atom stereocenters. The van der Waals surface area contributed by atoms with Crippen molar-refractivity contribution in [2.24, 2.45) is 10.4 Å². The van der Waals surface area contributed by atoms with Crippen LogP contribution in [0, 0.1) is 5.41 Å². The van der Waals surface area contributed by atoms with Crippen LogP contribution in [0.2, 0.25) is 0 Å². The molecule has 0 aromatic rings. The smallest absolute Gasteiger partial charge is 0.220 e. The second kappa shape index (κ2) is 8.21. The first-order chi connectivity index (χ1) is 11.0. The number of amides is 1. The Morgan fingerprint density at radius 1 is 1.33 bits per heavy atom. The third-order valence-electron chi connectivity index (χ3n) is 5.55. The largest absolute Gasteiger partial charge is 0.388 e. The molecule has 1 spiro atoms. The number of nitrogens with one attached hydrogen (secondary N) is 2. The fraction of sp³-hybridized carbons (Fsp3) is 0.882. The topological polar surface area (TPSA) is 77.0 Å². The average Bonchev–Trinajstić information content (AvgIpc) is 3.11. The number of guanidine groups is 1. The summed E-state index contributed by atoms with van der Waals surface area (Å²) in [6, 6.07) is 0. The van der Waals surface area contributed by atoms with Gasteiger partial charge >= 0.3 is 0 Å². The molecule has 3 fully saturated rings. The molecule has 3 aliphatic rings. The minimum atomic E-state index is -0.612. The van der Waals surface area contributed by atoms with Gasteiger partial charge in [0.2, 0.25) is 5.91 Å². The van der Waals surface area contributed by atoms with E-state index in [-0.39, 0.29) is 35.3 Å². The molecular weight excluding hydrogens is 419 g/mol. The van der Waals surface area contributed by atoms with Crippen LogP contribution in [0.25, 0.3) is 0 Å². The molecule has 2 aliphatic heterocycles. The zero-order chi connectivity index (χ0) is 16.3. The van der Waals surface area contributed by atoms with Crippen molar-refractivity contribution < 1.29 is 9.90 Å². The molecule has 3 rings (SSSR count). The highest BCUT2D eigenvalue weighted by molar-refractivity contribution is 14.0. The van der Waals surface area contributed by atoms with Crippen LogP contribution in [0.15, 0.2) is 4.99 Å².